The summed E-state index contributed by atoms with van der Waals surface area (Å²) >= 11 is 0. The summed E-state index contributed by atoms with van der Waals surface area (Å²) < 4.78 is 0. The number of hydrogen-bond donors (Lipinski definition) is 1. The molecule has 1 saturated carbocycles. The number of β-amino-alcohol motifs (C(OH)–C–C–N with tert-alkyl or cyclic N) is 1. The van der Waals surface area contributed by atoms with Gasteiger partial charge in [0, 0.05) is 19.1 Å². The Morgan fingerprint density at radius 1 is 1.25 bits per heavy atom. The van der Waals surface area contributed by atoms with Crippen LogP contribution in [0.4, 0.5) is 0 Å². The molecule has 16 heavy (non-hydrogen) atoms. The molecule has 1 unspecified atom stereocenters. The van der Waals surface area contributed by atoms with Crippen LogP contribution in [0, 0.1) is 0 Å². The summed E-state index contributed by atoms with van der Waals surface area (Å²) in [6, 6.07) is 0.687. The average molecular weight is 226 g/mol. The van der Waals surface area contributed by atoms with Crippen molar-refractivity contribution >= 4 is 0 Å². The van der Waals surface area contributed by atoms with Crippen molar-refractivity contribution in [3.05, 3.63) is 0 Å². The second kappa shape index (κ2) is 5.03. The maximum atomic E-state index is 10.5. The van der Waals surface area contributed by atoms with E-state index in [1.54, 1.807) is 0 Å². The minimum Gasteiger partial charge on any atom is -0.389 e. The summed E-state index contributed by atoms with van der Waals surface area (Å²) in [6.45, 7) is 3.19. The van der Waals surface area contributed by atoms with Crippen molar-refractivity contribution in [3.8, 4) is 0 Å². The molecule has 2 aliphatic rings. The first-order valence-electron chi connectivity index (χ1n) is 6.70. The monoisotopic (exact) mass is 226 g/mol. The predicted octanol–water partition coefficient (Wildman–Crippen LogP) is 1.32. The van der Waals surface area contributed by atoms with Crippen LogP contribution in [0.1, 0.15) is 38.5 Å². The molecule has 2 fully saturated rings. The summed E-state index contributed by atoms with van der Waals surface area (Å²) in [5.41, 5.74) is -0.376. The van der Waals surface area contributed by atoms with Gasteiger partial charge in [0.25, 0.3) is 0 Å². The van der Waals surface area contributed by atoms with Crippen molar-refractivity contribution in [3.63, 3.8) is 0 Å². The van der Waals surface area contributed by atoms with E-state index in [4.69, 9.17) is 0 Å². The van der Waals surface area contributed by atoms with Gasteiger partial charge in [-0.3, -0.25) is 4.90 Å². The SMILES string of the molecule is CN(C)C1CCN(CC2(O)CCCCC2)C1. The van der Waals surface area contributed by atoms with E-state index in [9.17, 15) is 5.11 Å². The third-order valence-corrected chi connectivity index (χ3v) is 4.28. The van der Waals surface area contributed by atoms with Gasteiger partial charge in [-0.05, 0) is 39.9 Å². The van der Waals surface area contributed by atoms with Crippen molar-refractivity contribution in [2.24, 2.45) is 0 Å². The molecule has 0 aromatic rings. The van der Waals surface area contributed by atoms with Gasteiger partial charge in [0.15, 0.2) is 0 Å². The maximum absolute atomic E-state index is 10.5. The molecule has 0 aromatic carbocycles. The lowest BCUT2D eigenvalue weighted by Gasteiger charge is -2.35. The van der Waals surface area contributed by atoms with Crippen LogP contribution in [-0.2, 0) is 0 Å². The molecular formula is C13H26N2O. The predicted molar refractivity (Wildman–Crippen MR) is 66.6 cm³/mol. The molecular weight excluding hydrogens is 200 g/mol. The van der Waals surface area contributed by atoms with E-state index in [0.29, 0.717) is 6.04 Å². The van der Waals surface area contributed by atoms with E-state index in [2.05, 4.69) is 23.9 Å². The van der Waals surface area contributed by atoms with Gasteiger partial charge in [-0.15, -0.1) is 0 Å². The summed E-state index contributed by atoms with van der Waals surface area (Å²) in [5, 5.41) is 10.5. The zero-order valence-electron chi connectivity index (χ0n) is 10.8. The highest BCUT2D eigenvalue weighted by Gasteiger charge is 2.34. The van der Waals surface area contributed by atoms with Crippen molar-refractivity contribution < 1.29 is 5.11 Å². The highest BCUT2D eigenvalue weighted by molar-refractivity contribution is 4.89. The minimum atomic E-state index is -0.376. The number of rotatable bonds is 3. The van der Waals surface area contributed by atoms with Gasteiger partial charge in [-0.2, -0.15) is 0 Å². The van der Waals surface area contributed by atoms with Crippen LogP contribution in [-0.4, -0.2) is 60.3 Å². The Labute approximate surface area is 99.4 Å². The number of likely N-dealkylation sites (N-methyl/N-ethyl adjacent to an activating group) is 1. The van der Waals surface area contributed by atoms with Gasteiger partial charge in [0.2, 0.25) is 0 Å². The lowest BCUT2D eigenvalue weighted by molar-refractivity contribution is -0.0223. The molecule has 3 heteroatoms. The number of likely N-dealkylation sites (tertiary alicyclic amines) is 1. The average Bonchev–Trinajstić information content (AvgIpc) is 2.66. The van der Waals surface area contributed by atoms with Crippen LogP contribution >= 0.6 is 0 Å². The Bertz CT molecular complexity index is 224. The fraction of sp³-hybridized carbons (Fsp3) is 1.00. The molecule has 1 heterocycles. The van der Waals surface area contributed by atoms with Crippen LogP contribution in [0.2, 0.25) is 0 Å². The molecule has 0 aromatic heterocycles. The van der Waals surface area contributed by atoms with E-state index < -0.39 is 0 Å². The van der Waals surface area contributed by atoms with Crippen LogP contribution < -0.4 is 0 Å². The largest absolute Gasteiger partial charge is 0.389 e. The fourth-order valence-electron chi connectivity index (χ4n) is 3.16. The second-order valence-corrected chi connectivity index (χ2v) is 5.93. The molecule has 94 valence electrons. The molecule has 1 N–H and O–H groups in total. The van der Waals surface area contributed by atoms with Gasteiger partial charge >= 0.3 is 0 Å². The first-order valence-corrected chi connectivity index (χ1v) is 6.70. The van der Waals surface area contributed by atoms with Gasteiger partial charge in [0.05, 0.1) is 5.60 Å². The van der Waals surface area contributed by atoms with Crippen molar-refractivity contribution in [2.75, 3.05) is 33.7 Å². The Hall–Kier alpha value is -0.120. The highest BCUT2D eigenvalue weighted by Crippen LogP contribution is 2.30. The van der Waals surface area contributed by atoms with Crippen LogP contribution in [0.3, 0.4) is 0 Å². The fourth-order valence-corrected chi connectivity index (χ4v) is 3.16. The maximum Gasteiger partial charge on any atom is 0.0774 e. The van der Waals surface area contributed by atoms with Crippen molar-refractivity contribution in [1.82, 2.24) is 9.80 Å². The lowest BCUT2D eigenvalue weighted by Crippen LogP contribution is -2.44. The third-order valence-electron chi connectivity index (χ3n) is 4.28. The Morgan fingerprint density at radius 3 is 2.50 bits per heavy atom. The van der Waals surface area contributed by atoms with E-state index in [1.165, 1.54) is 25.7 Å². The third kappa shape index (κ3) is 2.96. The molecule has 0 bridgehead atoms. The van der Waals surface area contributed by atoms with E-state index in [1.807, 2.05) is 0 Å². The van der Waals surface area contributed by atoms with Gasteiger partial charge in [-0.1, -0.05) is 19.3 Å². The molecule has 3 nitrogen and oxygen atoms in total. The Morgan fingerprint density at radius 2 is 1.94 bits per heavy atom. The molecule has 1 aliphatic heterocycles. The zero-order valence-corrected chi connectivity index (χ0v) is 10.8. The smallest absolute Gasteiger partial charge is 0.0774 e. The molecule has 1 atom stereocenters. The molecule has 0 radical (unpaired) electrons. The van der Waals surface area contributed by atoms with Crippen molar-refractivity contribution in [2.45, 2.75) is 50.2 Å². The van der Waals surface area contributed by atoms with Crippen LogP contribution in [0.25, 0.3) is 0 Å². The summed E-state index contributed by atoms with van der Waals surface area (Å²) in [6.07, 6.45) is 7.00. The topological polar surface area (TPSA) is 26.7 Å². The van der Waals surface area contributed by atoms with Gasteiger partial charge in [0.1, 0.15) is 0 Å². The van der Waals surface area contributed by atoms with E-state index in [0.717, 1.165) is 32.5 Å². The standard InChI is InChI=1S/C13H26N2O/c1-14(2)12-6-9-15(10-12)11-13(16)7-4-3-5-8-13/h12,16H,3-11H2,1-2H3. The molecule has 1 aliphatic carbocycles. The molecule has 0 amide bonds. The lowest BCUT2D eigenvalue weighted by atomic mass is 9.84. The van der Waals surface area contributed by atoms with E-state index >= 15 is 0 Å². The highest BCUT2D eigenvalue weighted by atomic mass is 16.3. The molecule has 2 rings (SSSR count). The quantitative estimate of drug-likeness (QED) is 0.786. The van der Waals surface area contributed by atoms with Crippen molar-refractivity contribution in [1.29, 1.82) is 0 Å². The molecule has 1 saturated heterocycles. The second-order valence-electron chi connectivity index (χ2n) is 5.93. The number of hydrogen-bond acceptors (Lipinski definition) is 3. The number of nitrogens with zero attached hydrogens (tertiary/aromatic N) is 2. The molecule has 0 spiro atoms. The Balaban J connectivity index is 1.81. The zero-order chi connectivity index (χ0) is 11.6. The summed E-state index contributed by atoms with van der Waals surface area (Å²) in [7, 11) is 4.31. The van der Waals surface area contributed by atoms with Gasteiger partial charge < -0.3 is 10.0 Å². The Kier molecular flexibility index (Phi) is 3.88. The van der Waals surface area contributed by atoms with Gasteiger partial charge in [-0.25, -0.2) is 0 Å². The van der Waals surface area contributed by atoms with E-state index in [-0.39, 0.29) is 5.60 Å². The number of aliphatic hydroxyl groups is 1. The van der Waals surface area contributed by atoms with Crippen LogP contribution in [0.15, 0.2) is 0 Å². The summed E-state index contributed by atoms with van der Waals surface area (Å²) in [4.78, 5) is 4.76. The normalized spacial score (nSPS) is 31.1. The first-order chi connectivity index (χ1) is 7.59. The minimum absolute atomic E-state index is 0.376. The summed E-state index contributed by atoms with van der Waals surface area (Å²) in [5.74, 6) is 0. The first kappa shape index (κ1) is 12.3. The van der Waals surface area contributed by atoms with Crippen LogP contribution in [0.5, 0.6) is 0 Å².